The third-order valence-corrected chi connectivity index (χ3v) is 4.86. The van der Waals surface area contributed by atoms with Crippen molar-refractivity contribution in [3.05, 3.63) is 35.4 Å². The molecule has 2 N–H and O–H groups in total. The summed E-state index contributed by atoms with van der Waals surface area (Å²) in [7, 11) is -3.99. The Kier molecular flexibility index (Phi) is 4.90. The van der Waals surface area contributed by atoms with Gasteiger partial charge in [-0.3, -0.25) is 0 Å². The van der Waals surface area contributed by atoms with E-state index in [0.717, 1.165) is 17.5 Å². The molecule has 2 rings (SSSR count). The largest absolute Gasteiger partial charge is 0.446 e. The van der Waals surface area contributed by atoms with Gasteiger partial charge in [-0.1, -0.05) is 40.2 Å². The smallest absolute Gasteiger partial charge is 0.422 e. The van der Waals surface area contributed by atoms with Crippen LogP contribution in [-0.4, -0.2) is 25.4 Å². The van der Waals surface area contributed by atoms with Crippen LogP contribution in [-0.2, 0) is 21.4 Å². The highest BCUT2D eigenvalue weighted by atomic mass is 79.9. The number of benzene rings is 1. The third-order valence-electron chi connectivity index (χ3n) is 3.01. The van der Waals surface area contributed by atoms with Gasteiger partial charge in [0, 0.05) is 4.83 Å². The van der Waals surface area contributed by atoms with Gasteiger partial charge in [-0.15, -0.1) is 0 Å². The number of halogens is 1. The van der Waals surface area contributed by atoms with Gasteiger partial charge in [0.1, 0.15) is 0 Å². The molecule has 21 heavy (non-hydrogen) atoms. The maximum absolute atomic E-state index is 12.0. The van der Waals surface area contributed by atoms with E-state index in [1.165, 1.54) is 0 Å². The zero-order valence-corrected chi connectivity index (χ0v) is 14.1. The number of nitrogens with one attached hydrogen (secondary N) is 2. The highest BCUT2D eigenvalue weighted by molar-refractivity contribution is 9.09. The highest BCUT2D eigenvalue weighted by Gasteiger charge is 2.34. The number of carbonyl (C=O) groups excluding carboxylic acids is 1. The molecule has 0 bridgehead atoms. The van der Waals surface area contributed by atoms with Gasteiger partial charge >= 0.3 is 16.3 Å². The van der Waals surface area contributed by atoms with E-state index < -0.39 is 28.4 Å². The summed E-state index contributed by atoms with van der Waals surface area (Å²) in [5.41, 5.74) is 1.99. The van der Waals surface area contributed by atoms with Crippen molar-refractivity contribution >= 4 is 32.2 Å². The van der Waals surface area contributed by atoms with Gasteiger partial charge in [0.05, 0.1) is 12.1 Å². The number of ether oxygens (including phenoxy) is 1. The molecular formula is C13H17BrN2O4S. The standard InChI is InChI=1S/C13H17BrN2O4S/c1-8(2)20-13(17)16-21(18,19)15-12-10-6-4-3-5-9(10)7-11(12)14/h3-6,8,11-12,15H,7H2,1-2H3,(H,16,17). The van der Waals surface area contributed by atoms with Crippen LogP contribution in [0.3, 0.4) is 0 Å². The molecular weight excluding hydrogens is 360 g/mol. The maximum Gasteiger partial charge on any atom is 0.422 e. The summed E-state index contributed by atoms with van der Waals surface area (Å²) < 4.78 is 33.1. The molecule has 0 saturated heterocycles. The van der Waals surface area contributed by atoms with E-state index >= 15 is 0 Å². The Balaban J connectivity index is 2.09. The molecule has 2 unspecified atom stereocenters. The monoisotopic (exact) mass is 376 g/mol. The average Bonchev–Trinajstić information content (AvgIpc) is 2.63. The Morgan fingerprint density at radius 2 is 2.05 bits per heavy atom. The Morgan fingerprint density at radius 1 is 1.38 bits per heavy atom. The number of rotatable bonds is 4. The van der Waals surface area contributed by atoms with Crippen LogP contribution in [0.4, 0.5) is 4.79 Å². The molecule has 1 aliphatic rings. The number of amides is 1. The van der Waals surface area contributed by atoms with Crippen molar-refractivity contribution in [3.8, 4) is 0 Å². The van der Waals surface area contributed by atoms with Gasteiger partial charge < -0.3 is 4.74 Å². The van der Waals surface area contributed by atoms with Crippen LogP contribution in [0.1, 0.15) is 31.0 Å². The molecule has 0 spiro atoms. The summed E-state index contributed by atoms with van der Waals surface area (Å²) in [6.07, 6.45) is -0.661. The van der Waals surface area contributed by atoms with Gasteiger partial charge in [-0.2, -0.15) is 13.1 Å². The topological polar surface area (TPSA) is 84.5 Å². The van der Waals surface area contributed by atoms with Crippen molar-refractivity contribution in [2.45, 2.75) is 37.2 Å². The molecule has 2 atom stereocenters. The van der Waals surface area contributed by atoms with E-state index in [9.17, 15) is 13.2 Å². The Bertz CT molecular complexity index is 633. The maximum atomic E-state index is 12.0. The van der Waals surface area contributed by atoms with Crippen molar-refractivity contribution in [3.63, 3.8) is 0 Å². The summed E-state index contributed by atoms with van der Waals surface area (Å²) in [6.45, 7) is 3.28. The molecule has 0 aromatic heterocycles. The molecule has 1 amide bonds. The second kappa shape index (κ2) is 6.33. The van der Waals surface area contributed by atoms with Crippen LogP contribution in [0.2, 0.25) is 0 Å². The number of carbonyl (C=O) groups is 1. The highest BCUT2D eigenvalue weighted by Crippen LogP contribution is 2.35. The third kappa shape index (κ3) is 4.18. The number of fused-ring (bicyclic) bond motifs is 1. The molecule has 0 fully saturated rings. The fraction of sp³-hybridized carbons (Fsp3) is 0.462. The first-order valence-electron chi connectivity index (χ1n) is 6.51. The number of alkyl halides is 1. The lowest BCUT2D eigenvalue weighted by molar-refractivity contribution is 0.121. The minimum absolute atomic E-state index is 0.0624. The van der Waals surface area contributed by atoms with Crippen molar-refractivity contribution in [1.29, 1.82) is 0 Å². The van der Waals surface area contributed by atoms with E-state index in [-0.39, 0.29) is 4.83 Å². The second-order valence-corrected chi connectivity index (χ2v) is 7.70. The van der Waals surface area contributed by atoms with E-state index in [4.69, 9.17) is 4.74 Å². The lowest BCUT2D eigenvalue weighted by Crippen LogP contribution is -2.43. The molecule has 1 aromatic carbocycles. The predicted molar refractivity (Wildman–Crippen MR) is 82.4 cm³/mol. The van der Waals surface area contributed by atoms with Gasteiger partial charge in [0.25, 0.3) is 0 Å². The van der Waals surface area contributed by atoms with E-state index in [1.807, 2.05) is 29.0 Å². The Morgan fingerprint density at radius 3 is 2.71 bits per heavy atom. The van der Waals surface area contributed by atoms with Crippen LogP contribution in [0.15, 0.2) is 24.3 Å². The molecule has 0 aliphatic heterocycles. The second-order valence-electron chi connectivity index (χ2n) is 5.07. The first-order valence-corrected chi connectivity index (χ1v) is 8.91. The molecule has 0 radical (unpaired) electrons. The molecule has 8 heteroatoms. The van der Waals surface area contributed by atoms with Crippen LogP contribution < -0.4 is 9.44 Å². The molecule has 116 valence electrons. The van der Waals surface area contributed by atoms with Gasteiger partial charge in [-0.25, -0.2) is 9.52 Å². The summed E-state index contributed by atoms with van der Waals surface area (Å²) in [4.78, 5) is 11.3. The fourth-order valence-corrected chi connectivity index (χ4v) is 4.12. The average molecular weight is 377 g/mol. The summed E-state index contributed by atoms with van der Waals surface area (Å²) in [5.74, 6) is 0. The van der Waals surface area contributed by atoms with Crippen molar-refractivity contribution in [2.75, 3.05) is 0 Å². The number of hydrogen-bond acceptors (Lipinski definition) is 4. The predicted octanol–water partition coefficient (Wildman–Crippen LogP) is 2.02. The molecule has 1 aromatic rings. The Labute approximate surface area is 132 Å². The zero-order valence-electron chi connectivity index (χ0n) is 11.7. The van der Waals surface area contributed by atoms with E-state index in [1.54, 1.807) is 13.8 Å². The summed E-state index contributed by atoms with van der Waals surface area (Å²) in [6, 6.07) is 7.17. The lowest BCUT2D eigenvalue weighted by atomic mass is 10.1. The zero-order chi connectivity index (χ0) is 15.6. The fourth-order valence-electron chi connectivity index (χ4n) is 2.23. The van der Waals surface area contributed by atoms with Crippen LogP contribution in [0.25, 0.3) is 0 Å². The normalized spacial score (nSPS) is 21.1. The van der Waals surface area contributed by atoms with Gasteiger partial charge in [0.2, 0.25) is 0 Å². The SMILES string of the molecule is CC(C)OC(=O)NS(=O)(=O)NC1c2ccccc2CC1Br. The van der Waals surface area contributed by atoms with Gasteiger partial charge in [-0.05, 0) is 31.4 Å². The molecule has 1 aliphatic carbocycles. The van der Waals surface area contributed by atoms with Crippen LogP contribution >= 0.6 is 15.9 Å². The number of hydrogen-bond donors (Lipinski definition) is 2. The van der Waals surface area contributed by atoms with E-state index in [0.29, 0.717) is 0 Å². The Hall–Kier alpha value is -1.12. The van der Waals surface area contributed by atoms with Crippen molar-refractivity contribution < 1.29 is 17.9 Å². The van der Waals surface area contributed by atoms with Crippen molar-refractivity contribution in [2.24, 2.45) is 0 Å². The van der Waals surface area contributed by atoms with E-state index in [2.05, 4.69) is 20.7 Å². The molecule has 0 heterocycles. The molecule has 0 saturated carbocycles. The summed E-state index contributed by atoms with van der Waals surface area (Å²) >= 11 is 3.47. The minimum atomic E-state index is -3.99. The quantitative estimate of drug-likeness (QED) is 0.787. The van der Waals surface area contributed by atoms with Crippen LogP contribution in [0.5, 0.6) is 0 Å². The summed E-state index contributed by atoms with van der Waals surface area (Å²) in [5, 5.41) is 0. The first-order chi connectivity index (χ1) is 9.78. The minimum Gasteiger partial charge on any atom is -0.446 e. The first kappa shape index (κ1) is 16.3. The van der Waals surface area contributed by atoms with Crippen molar-refractivity contribution in [1.82, 2.24) is 9.44 Å². The van der Waals surface area contributed by atoms with Crippen LogP contribution in [0, 0.1) is 0 Å². The lowest BCUT2D eigenvalue weighted by Gasteiger charge is -2.18. The molecule has 6 nitrogen and oxygen atoms in total. The van der Waals surface area contributed by atoms with Gasteiger partial charge in [0.15, 0.2) is 0 Å².